The van der Waals surface area contributed by atoms with Gasteiger partial charge in [-0.1, -0.05) is 12.8 Å². The Morgan fingerprint density at radius 3 is 2.35 bits per heavy atom. The van der Waals surface area contributed by atoms with Gasteiger partial charge in [0.15, 0.2) is 0 Å². The minimum Gasteiger partial charge on any atom is -0.481 e. The number of hydrogen-bond acceptors (Lipinski definition) is 3. The number of carboxylic acids is 1. The average molecular weight is 297 g/mol. The van der Waals surface area contributed by atoms with Crippen LogP contribution in [0.25, 0.3) is 0 Å². The van der Waals surface area contributed by atoms with Crippen LogP contribution in [0.1, 0.15) is 32.1 Å². The minimum absolute atomic E-state index is 0.0143. The van der Waals surface area contributed by atoms with Crippen molar-refractivity contribution in [2.45, 2.75) is 38.3 Å². The summed E-state index contributed by atoms with van der Waals surface area (Å²) in [5.74, 6) is -1.44. The molecule has 1 saturated carbocycles. The first-order valence-electron chi connectivity index (χ1n) is 6.40. The van der Waals surface area contributed by atoms with E-state index in [1.807, 2.05) is 0 Å². The van der Waals surface area contributed by atoms with E-state index in [0.717, 1.165) is 12.8 Å². The summed E-state index contributed by atoms with van der Waals surface area (Å²) in [5.41, 5.74) is -0.928. The Bertz CT molecular complexity index is 351. The van der Waals surface area contributed by atoms with E-state index in [1.54, 1.807) is 0 Å². The fourth-order valence-corrected chi connectivity index (χ4v) is 2.23. The molecule has 1 fully saturated rings. The van der Waals surface area contributed by atoms with E-state index in [2.05, 4.69) is 10.1 Å². The van der Waals surface area contributed by atoms with Crippen LogP contribution in [0, 0.1) is 5.41 Å². The van der Waals surface area contributed by atoms with Crippen LogP contribution in [0.3, 0.4) is 0 Å². The predicted octanol–water partition coefficient (Wildman–Crippen LogP) is 1.72. The molecule has 0 bridgehead atoms. The molecule has 0 heterocycles. The summed E-state index contributed by atoms with van der Waals surface area (Å²) in [5, 5.41) is 11.6. The quantitative estimate of drug-likeness (QED) is 0.702. The van der Waals surface area contributed by atoms with Crippen LogP contribution in [0.4, 0.5) is 13.2 Å². The summed E-state index contributed by atoms with van der Waals surface area (Å²) in [7, 11) is 0. The molecule has 1 aliphatic carbocycles. The lowest BCUT2D eigenvalue weighted by Gasteiger charge is -2.23. The van der Waals surface area contributed by atoms with Crippen molar-refractivity contribution in [2.75, 3.05) is 19.8 Å². The molecular weight excluding hydrogens is 279 g/mol. The second-order valence-electron chi connectivity index (χ2n) is 4.99. The van der Waals surface area contributed by atoms with Crippen molar-refractivity contribution in [1.29, 1.82) is 0 Å². The van der Waals surface area contributed by atoms with Gasteiger partial charge in [-0.3, -0.25) is 9.59 Å². The Morgan fingerprint density at radius 2 is 1.85 bits per heavy atom. The monoisotopic (exact) mass is 297 g/mol. The van der Waals surface area contributed by atoms with Crippen LogP contribution in [-0.2, 0) is 14.3 Å². The molecule has 0 atom stereocenters. The molecular formula is C12H18F3NO4. The molecule has 5 nitrogen and oxygen atoms in total. The van der Waals surface area contributed by atoms with Gasteiger partial charge < -0.3 is 15.2 Å². The van der Waals surface area contributed by atoms with Gasteiger partial charge in [-0.2, -0.15) is 13.2 Å². The number of aliphatic carboxylic acids is 1. The van der Waals surface area contributed by atoms with E-state index >= 15 is 0 Å². The SMILES string of the molecule is O=C(CCOCC(F)(F)F)NCC1(C(=O)O)CCCC1. The van der Waals surface area contributed by atoms with E-state index in [0.29, 0.717) is 12.8 Å². The van der Waals surface area contributed by atoms with Crippen molar-refractivity contribution in [3.05, 3.63) is 0 Å². The first kappa shape index (κ1) is 16.7. The second kappa shape index (κ2) is 6.92. The fraction of sp³-hybridized carbons (Fsp3) is 0.833. The molecule has 0 spiro atoms. The first-order valence-corrected chi connectivity index (χ1v) is 6.40. The third kappa shape index (κ3) is 5.36. The molecule has 2 N–H and O–H groups in total. The molecule has 0 radical (unpaired) electrons. The lowest BCUT2D eigenvalue weighted by Crippen LogP contribution is -2.41. The number of carboxylic acid groups (broad SMARTS) is 1. The third-order valence-corrected chi connectivity index (χ3v) is 3.38. The third-order valence-electron chi connectivity index (χ3n) is 3.38. The summed E-state index contributed by atoms with van der Waals surface area (Å²) < 4.78 is 39.7. The number of carbonyl (C=O) groups is 2. The number of hydrogen-bond donors (Lipinski definition) is 2. The van der Waals surface area contributed by atoms with Gasteiger partial charge in [0.05, 0.1) is 12.0 Å². The highest BCUT2D eigenvalue weighted by Gasteiger charge is 2.41. The molecule has 0 aliphatic heterocycles. The maximum Gasteiger partial charge on any atom is 0.411 e. The van der Waals surface area contributed by atoms with Crippen LogP contribution in [0.15, 0.2) is 0 Å². The van der Waals surface area contributed by atoms with Gasteiger partial charge >= 0.3 is 12.1 Å². The highest BCUT2D eigenvalue weighted by molar-refractivity contribution is 5.79. The highest BCUT2D eigenvalue weighted by Crippen LogP contribution is 2.37. The maximum atomic E-state index is 11.8. The standard InChI is InChI=1S/C12H18F3NO4/c13-12(14,15)8-20-6-3-9(17)16-7-11(10(18)19)4-1-2-5-11/h1-8H2,(H,16,17)(H,18,19). The molecule has 1 rings (SSSR count). The number of carbonyl (C=O) groups excluding carboxylic acids is 1. The lowest BCUT2D eigenvalue weighted by atomic mass is 9.86. The van der Waals surface area contributed by atoms with E-state index in [1.165, 1.54) is 0 Å². The van der Waals surface area contributed by atoms with Gasteiger partial charge in [0.25, 0.3) is 0 Å². The summed E-state index contributed by atoms with van der Waals surface area (Å²) in [4.78, 5) is 22.6. The summed E-state index contributed by atoms with van der Waals surface area (Å²) in [6.07, 6.45) is -2.01. The Labute approximate surface area is 114 Å². The smallest absolute Gasteiger partial charge is 0.411 e. The van der Waals surface area contributed by atoms with E-state index in [4.69, 9.17) is 0 Å². The molecule has 0 unspecified atom stereocenters. The molecule has 1 amide bonds. The lowest BCUT2D eigenvalue weighted by molar-refractivity contribution is -0.174. The molecule has 0 aromatic carbocycles. The molecule has 0 aromatic heterocycles. The molecule has 0 aromatic rings. The van der Waals surface area contributed by atoms with E-state index < -0.39 is 30.1 Å². The molecule has 1 aliphatic rings. The van der Waals surface area contributed by atoms with Crippen LogP contribution in [0.2, 0.25) is 0 Å². The molecule has 20 heavy (non-hydrogen) atoms. The number of alkyl halides is 3. The highest BCUT2D eigenvalue weighted by atomic mass is 19.4. The normalized spacial score (nSPS) is 17.9. The topological polar surface area (TPSA) is 75.6 Å². The average Bonchev–Trinajstić information content (AvgIpc) is 2.81. The summed E-state index contributed by atoms with van der Waals surface area (Å²) in [6.45, 7) is -1.72. The fourth-order valence-electron chi connectivity index (χ4n) is 2.23. The van der Waals surface area contributed by atoms with Gasteiger partial charge in [-0.25, -0.2) is 0 Å². The van der Waals surface area contributed by atoms with Crippen LogP contribution < -0.4 is 5.32 Å². The molecule has 116 valence electrons. The van der Waals surface area contributed by atoms with Crippen molar-refractivity contribution in [1.82, 2.24) is 5.32 Å². The number of halogens is 3. The van der Waals surface area contributed by atoms with E-state index in [9.17, 15) is 27.9 Å². The van der Waals surface area contributed by atoms with Crippen molar-refractivity contribution in [2.24, 2.45) is 5.41 Å². The molecule has 0 saturated heterocycles. The number of nitrogens with one attached hydrogen (secondary N) is 1. The van der Waals surface area contributed by atoms with Crippen molar-refractivity contribution < 1.29 is 32.6 Å². The second-order valence-corrected chi connectivity index (χ2v) is 4.99. The first-order chi connectivity index (χ1) is 9.25. The Kier molecular flexibility index (Phi) is 5.79. The number of ether oxygens (including phenoxy) is 1. The largest absolute Gasteiger partial charge is 0.481 e. The Morgan fingerprint density at radius 1 is 1.25 bits per heavy atom. The zero-order valence-corrected chi connectivity index (χ0v) is 11.0. The number of rotatable bonds is 7. The van der Waals surface area contributed by atoms with Gasteiger partial charge in [0.2, 0.25) is 5.91 Å². The van der Waals surface area contributed by atoms with Gasteiger partial charge in [-0.15, -0.1) is 0 Å². The van der Waals surface area contributed by atoms with Crippen molar-refractivity contribution in [3.63, 3.8) is 0 Å². The van der Waals surface area contributed by atoms with Crippen molar-refractivity contribution >= 4 is 11.9 Å². The van der Waals surface area contributed by atoms with E-state index in [-0.39, 0.29) is 19.6 Å². The van der Waals surface area contributed by atoms with Gasteiger partial charge in [-0.05, 0) is 12.8 Å². The zero-order chi connectivity index (χ0) is 15.2. The summed E-state index contributed by atoms with van der Waals surface area (Å²) in [6, 6.07) is 0. The van der Waals surface area contributed by atoms with Gasteiger partial charge in [0.1, 0.15) is 6.61 Å². The summed E-state index contributed by atoms with van der Waals surface area (Å²) >= 11 is 0. The zero-order valence-electron chi connectivity index (χ0n) is 11.0. The van der Waals surface area contributed by atoms with Gasteiger partial charge in [0, 0.05) is 13.0 Å². The Balaban J connectivity index is 2.24. The van der Waals surface area contributed by atoms with Crippen molar-refractivity contribution in [3.8, 4) is 0 Å². The predicted molar refractivity (Wildman–Crippen MR) is 63.0 cm³/mol. The molecule has 8 heteroatoms. The number of amides is 1. The Hall–Kier alpha value is -1.31. The minimum atomic E-state index is -4.41. The maximum absolute atomic E-state index is 11.8. The van der Waals surface area contributed by atoms with Crippen LogP contribution in [0.5, 0.6) is 0 Å². The van der Waals surface area contributed by atoms with Crippen LogP contribution >= 0.6 is 0 Å². The van der Waals surface area contributed by atoms with Crippen LogP contribution in [-0.4, -0.2) is 42.9 Å².